The third kappa shape index (κ3) is 5.91. The zero-order valence-corrected chi connectivity index (χ0v) is 21.2. The van der Waals surface area contributed by atoms with Crippen molar-refractivity contribution in [3.63, 3.8) is 0 Å². The number of carbonyl (C=O) groups excluding carboxylic acids is 1. The Labute approximate surface area is 218 Å². The van der Waals surface area contributed by atoms with Crippen LogP contribution >= 0.6 is 50.7 Å². The number of halogens is 5. The third-order valence-electron chi connectivity index (χ3n) is 4.84. The lowest BCUT2D eigenvalue weighted by atomic mass is 10.1. The van der Waals surface area contributed by atoms with Gasteiger partial charge in [0.15, 0.2) is 5.82 Å². The van der Waals surface area contributed by atoms with Crippen molar-refractivity contribution in [3.8, 4) is 5.75 Å². The highest BCUT2D eigenvalue weighted by Crippen LogP contribution is 2.28. The molecule has 0 fully saturated rings. The van der Waals surface area contributed by atoms with Gasteiger partial charge in [-0.05, 0) is 48.0 Å². The Kier molecular flexibility index (Phi) is 7.78. The summed E-state index contributed by atoms with van der Waals surface area (Å²) in [5, 5.41) is 7.91. The van der Waals surface area contributed by atoms with E-state index in [1.165, 1.54) is 23.0 Å². The molecule has 4 aromatic rings. The molecule has 1 heterocycles. The second-order valence-corrected chi connectivity index (χ2v) is 9.38. The Balaban J connectivity index is 1.39. The molecule has 3 aromatic carbocycles. The molecular weight excluding hydrogens is 568 g/mol. The monoisotopic (exact) mass is 581 g/mol. The predicted molar refractivity (Wildman–Crippen MR) is 136 cm³/mol. The highest BCUT2D eigenvalue weighted by atomic mass is 79.9. The van der Waals surface area contributed by atoms with Crippen molar-refractivity contribution in [3.05, 3.63) is 109 Å². The summed E-state index contributed by atoms with van der Waals surface area (Å²) in [7, 11) is 0. The Morgan fingerprint density at radius 2 is 1.79 bits per heavy atom. The van der Waals surface area contributed by atoms with E-state index < -0.39 is 5.82 Å². The summed E-state index contributed by atoms with van der Waals surface area (Å²) in [4.78, 5) is 12.7. The minimum atomic E-state index is -0.448. The van der Waals surface area contributed by atoms with Gasteiger partial charge in [-0.2, -0.15) is 5.10 Å². The van der Waals surface area contributed by atoms with E-state index in [0.29, 0.717) is 16.3 Å². The van der Waals surface area contributed by atoms with Crippen LogP contribution in [0.4, 0.5) is 10.2 Å². The zero-order chi connectivity index (χ0) is 24.2. The number of nitrogens with one attached hydrogen (secondary N) is 1. The van der Waals surface area contributed by atoms with Gasteiger partial charge in [-0.3, -0.25) is 9.48 Å². The number of ether oxygens (including phenoxy) is 1. The maximum absolute atomic E-state index is 14.0. The molecule has 4 rings (SSSR count). The molecule has 0 spiro atoms. The number of benzene rings is 3. The molecular formula is C24H16BrCl3FN3O2. The zero-order valence-electron chi connectivity index (χ0n) is 17.4. The van der Waals surface area contributed by atoms with E-state index in [9.17, 15) is 9.18 Å². The highest BCUT2D eigenvalue weighted by molar-refractivity contribution is 9.10. The van der Waals surface area contributed by atoms with Crippen LogP contribution in [0.15, 0.2) is 71.3 Å². The number of hydrogen-bond donors (Lipinski definition) is 1. The summed E-state index contributed by atoms with van der Waals surface area (Å²) in [5.74, 6) is -0.110. The van der Waals surface area contributed by atoms with Gasteiger partial charge in [0, 0.05) is 26.8 Å². The molecule has 1 aromatic heterocycles. The molecule has 34 heavy (non-hydrogen) atoms. The standard InChI is InChI=1S/C24H16BrCl3FN3O2/c25-16-8-9-22(19(27)10-16)34-13-14-4-6-15(7-5-14)24(33)30-23-20(28)12-32(31-23)11-17-18(26)2-1-3-21(17)29/h1-10,12H,11,13H2,(H,30,31,33). The SMILES string of the molecule is O=C(Nc1nn(Cc2c(F)cccc2Cl)cc1Cl)c1ccc(COc2ccc(Br)cc2Cl)cc1. The molecule has 174 valence electrons. The predicted octanol–water partition coefficient (Wildman–Crippen LogP) is 7.62. The van der Waals surface area contributed by atoms with Crippen LogP contribution in [-0.2, 0) is 13.2 Å². The van der Waals surface area contributed by atoms with Crippen LogP contribution in [-0.4, -0.2) is 15.7 Å². The van der Waals surface area contributed by atoms with Crippen LogP contribution in [0.1, 0.15) is 21.5 Å². The van der Waals surface area contributed by atoms with Crippen molar-refractivity contribution in [2.24, 2.45) is 0 Å². The summed E-state index contributed by atoms with van der Waals surface area (Å²) in [5.41, 5.74) is 1.55. The smallest absolute Gasteiger partial charge is 0.256 e. The summed E-state index contributed by atoms with van der Waals surface area (Å²) in [6.07, 6.45) is 1.49. The number of hydrogen-bond acceptors (Lipinski definition) is 3. The van der Waals surface area contributed by atoms with Crippen LogP contribution in [0, 0.1) is 5.82 Å². The molecule has 0 aliphatic carbocycles. The number of aromatic nitrogens is 2. The van der Waals surface area contributed by atoms with E-state index in [1.54, 1.807) is 42.5 Å². The van der Waals surface area contributed by atoms with E-state index in [-0.39, 0.29) is 40.5 Å². The molecule has 0 saturated carbocycles. The maximum atomic E-state index is 14.0. The molecule has 0 atom stereocenters. The van der Waals surface area contributed by atoms with Gasteiger partial charge in [0.25, 0.3) is 5.91 Å². The molecule has 10 heteroatoms. The molecule has 0 aliphatic heterocycles. The molecule has 5 nitrogen and oxygen atoms in total. The number of nitrogens with zero attached hydrogens (tertiary/aromatic N) is 2. The topological polar surface area (TPSA) is 56.2 Å². The Morgan fingerprint density at radius 1 is 1.03 bits per heavy atom. The van der Waals surface area contributed by atoms with Gasteiger partial charge < -0.3 is 10.1 Å². The van der Waals surface area contributed by atoms with Crippen LogP contribution in [0.2, 0.25) is 15.1 Å². The first kappa shape index (κ1) is 24.5. The molecule has 0 bridgehead atoms. The normalized spacial score (nSPS) is 10.9. The largest absolute Gasteiger partial charge is 0.487 e. The number of carbonyl (C=O) groups is 1. The summed E-state index contributed by atoms with van der Waals surface area (Å²) < 4.78 is 22.1. The van der Waals surface area contributed by atoms with Crippen molar-refractivity contribution in [2.75, 3.05) is 5.32 Å². The second-order valence-electron chi connectivity index (χ2n) is 7.24. The highest BCUT2D eigenvalue weighted by Gasteiger charge is 2.15. The number of rotatable bonds is 7. The first-order valence-corrected chi connectivity index (χ1v) is 11.9. The summed E-state index contributed by atoms with van der Waals surface area (Å²) in [6.45, 7) is 0.357. The maximum Gasteiger partial charge on any atom is 0.256 e. The Hall–Kier alpha value is -2.58. The third-order valence-corrected chi connectivity index (χ3v) is 6.25. The van der Waals surface area contributed by atoms with Crippen molar-refractivity contribution in [1.29, 1.82) is 0 Å². The van der Waals surface area contributed by atoms with Crippen LogP contribution in [0.3, 0.4) is 0 Å². The first-order chi connectivity index (χ1) is 16.3. The second kappa shape index (κ2) is 10.8. The van der Waals surface area contributed by atoms with Crippen LogP contribution < -0.4 is 10.1 Å². The minimum absolute atomic E-state index is 0.0676. The number of amides is 1. The number of anilines is 1. The van der Waals surface area contributed by atoms with Crippen molar-refractivity contribution >= 4 is 62.5 Å². The molecule has 0 radical (unpaired) electrons. The first-order valence-electron chi connectivity index (χ1n) is 9.94. The van der Waals surface area contributed by atoms with Crippen molar-refractivity contribution in [1.82, 2.24) is 9.78 Å². The molecule has 0 aliphatic rings. The fourth-order valence-corrected chi connectivity index (χ4v) is 4.24. The van der Waals surface area contributed by atoms with E-state index in [4.69, 9.17) is 39.5 Å². The van der Waals surface area contributed by atoms with Gasteiger partial charge in [0.05, 0.1) is 11.6 Å². The lowest BCUT2D eigenvalue weighted by Crippen LogP contribution is -2.13. The van der Waals surface area contributed by atoms with Gasteiger partial charge in [-0.15, -0.1) is 0 Å². The van der Waals surface area contributed by atoms with Gasteiger partial charge in [0.2, 0.25) is 0 Å². The fraction of sp³-hybridized carbons (Fsp3) is 0.0833. The van der Waals surface area contributed by atoms with Crippen LogP contribution in [0.5, 0.6) is 5.75 Å². The Bertz CT molecular complexity index is 1330. The summed E-state index contributed by atoms with van der Waals surface area (Å²) in [6, 6.07) is 16.7. The van der Waals surface area contributed by atoms with Gasteiger partial charge >= 0.3 is 0 Å². The fourth-order valence-electron chi connectivity index (χ4n) is 3.09. The van der Waals surface area contributed by atoms with E-state index in [1.807, 2.05) is 6.07 Å². The van der Waals surface area contributed by atoms with Gasteiger partial charge in [-0.25, -0.2) is 4.39 Å². The lowest BCUT2D eigenvalue weighted by molar-refractivity contribution is 0.102. The molecule has 0 saturated heterocycles. The molecule has 0 unspecified atom stereocenters. The van der Waals surface area contributed by atoms with Crippen LogP contribution in [0.25, 0.3) is 0 Å². The Morgan fingerprint density at radius 3 is 2.50 bits per heavy atom. The van der Waals surface area contributed by atoms with Crippen molar-refractivity contribution < 1.29 is 13.9 Å². The van der Waals surface area contributed by atoms with E-state index in [0.717, 1.165) is 10.0 Å². The summed E-state index contributed by atoms with van der Waals surface area (Å²) >= 11 is 21.8. The van der Waals surface area contributed by atoms with E-state index in [2.05, 4.69) is 26.3 Å². The minimum Gasteiger partial charge on any atom is -0.487 e. The molecule has 1 amide bonds. The average Bonchev–Trinajstić information content (AvgIpc) is 3.14. The molecule has 1 N–H and O–H groups in total. The van der Waals surface area contributed by atoms with Gasteiger partial charge in [0.1, 0.15) is 23.2 Å². The van der Waals surface area contributed by atoms with Gasteiger partial charge in [-0.1, -0.05) is 68.9 Å². The van der Waals surface area contributed by atoms with Crippen molar-refractivity contribution in [2.45, 2.75) is 13.2 Å². The quantitative estimate of drug-likeness (QED) is 0.244. The average molecular weight is 584 g/mol. The lowest BCUT2D eigenvalue weighted by Gasteiger charge is -2.09. The van der Waals surface area contributed by atoms with E-state index >= 15 is 0 Å².